The number of benzene rings is 1. The summed E-state index contributed by atoms with van der Waals surface area (Å²) in [5.74, 6) is -1.08. The van der Waals surface area contributed by atoms with Gasteiger partial charge in [0.05, 0.1) is 13.2 Å². The average molecular weight is 303 g/mol. The largest absolute Gasteiger partial charge is 0.479 e. The van der Waals surface area contributed by atoms with Gasteiger partial charge in [0.2, 0.25) is 0 Å². The molecule has 1 atom stereocenters. The number of carboxylic acids is 1. The number of morpholine rings is 1. The summed E-state index contributed by atoms with van der Waals surface area (Å²) < 4.78 is 10.9. The first-order valence-electron chi connectivity index (χ1n) is 7.11. The first kappa shape index (κ1) is 14.6. The van der Waals surface area contributed by atoms with Gasteiger partial charge in [0, 0.05) is 17.5 Å². The summed E-state index contributed by atoms with van der Waals surface area (Å²) in [6.45, 7) is 4.37. The topological polar surface area (TPSA) is 80.0 Å². The Morgan fingerprint density at radius 2 is 2.09 bits per heavy atom. The van der Waals surface area contributed by atoms with E-state index in [9.17, 15) is 9.59 Å². The second kappa shape index (κ2) is 5.46. The highest BCUT2D eigenvalue weighted by Crippen LogP contribution is 2.28. The zero-order valence-corrected chi connectivity index (χ0v) is 12.5. The fourth-order valence-corrected chi connectivity index (χ4v) is 2.71. The van der Waals surface area contributed by atoms with Crippen molar-refractivity contribution < 1.29 is 23.8 Å². The number of carbonyl (C=O) groups is 2. The average Bonchev–Trinajstić information content (AvgIpc) is 2.85. The third kappa shape index (κ3) is 2.35. The van der Waals surface area contributed by atoms with Gasteiger partial charge in [-0.3, -0.25) is 4.79 Å². The highest BCUT2D eigenvalue weighted by Gasteiger charge is 2.31. The zero-order valence-electron chi connectivity index (χ0n) is 12.5. The molecule has 1 unspecified atom stereocenters. The predicted octanol–water partition coefficient (Wildman–Crippen LogP) is 1.98. The van der Waals surface area contributed by atoms with Crippen molar-refractivity contribution in [3.8, 4) is 0 Å². The summed E-state index contributed by atoms with van der Waals surface area (Å²) in [5.41, 5.74) is 2.44. The van der Waals surface area contributed by atoms with Crippen LogP contribution in [-0.2, 0) is 9.53 Å². The van der Waals surface area contributed by atoms with Crippen molar-refractivity contribution in [2.24, 2.45) is 0 Å². The van der Waals surface area contributed by atoms with Crippen molar-refractivity contribution in [3.63, 3.8) is 0 Å². The van der Waals surface area contributed by atoms with Gasteiger partial charge in [0.25, 0.3) is 5.91 Å². The Kier molecular flexibility index (Phi) is 3.62. The lowest BCUT2D eigenvalue weighted by Crippen LogP contribution is -2.48. The maximum Gasteiger partial charge on any atom is 0.334 e. The number of para-hydroxylation sites is 1. The Bertz CT molecular complexity index is 748. The number of hydrogen-bond acceptors (Lipinski definition) is 4. The second-order valence-electron chi connectivity index (χ2n) is 5.46. The molecule has 0 aliphatic carbocycles. The Morgan fingerprint density at radius 3 is 2.77 bits per heavy atom. The summed E-state index contributed by atoms with van der Waals surface area (Å²) in [4.78, 5) is 25.2. The van der Waals surface area contributed by atoms with Crippen LogP contribution in [0.4, 0.5) is 0 Å². The molecule has 0 saturated carbocycles. The minimum absolute atomic E-state index is 0.0314. The van der Waals surface area contributed by atoms with E-state index in [1.165, 1.54) is 4.90 Å². The molecule has 6 nitrogen and oxygen atoms in total. The smallest absolute Gasteiger partial charge is 0.334 e. The number of fused-ring (bicyclic) bond motifs is 1. The van der Waals surface area contributed by atoms with Crippen LogP contribution < -0.4 is 0 Å². The van der Waals surface area contributed by atoms with Crippen LogP contribution in [0.15, 0.2) is 22.6 Å². The summed E-state index contributed by atoms with van der Waals surface area (Å²) in [6.07, 6.45) is -0.982. The Labute approximate surface area is 127 Å². The van der Waals surface area contributed by atoms with Gasteiger partial charge in [-0.15, -0.1) is 0 Å². The van der Waals surface area contributed by atoms with E-state index in [0.717, 1.165) is 16.5 Å². The van der Waals surface area contributed by atoms with E-state index in [1.54, 1.807) is 0 Å². The Balaban J connectivity index is 1.94. The number of amides is 1. The van der Waals surface area contributed by atoms with Gasteiger partial charge >= 0.3 is 5.97 Å². The number of hydrogen-bond donors (Lipinski definition) is 1. The number of furan rings is 1. The lowest BCUT2D eigenvalue weighted by atomic mass is 10.1. The standard InChI is InChI=1S/C16H17NO5/c1-9-4-3-5-11-10(2)14(22-13(9)11)15(18)17-6-7-21-12(8-17)16(19)20/h3-5,12H,6-8H2,1-2H3,(H,19,20). The molecule has 3 rings (SSSR count). The van der Waals surface area contributed by atoms with E-state index < -0.39 is 12.1 Å². The number of carbonyl (C=O) groups excluding carboxylic acids is 1. The highest BCUT2D eigenvalue weighted by atomic mass is 16.5. The molecule has 0 bridgehead atoms. The molecule has 1 fully saturated rings. The van der Waals surface area contributed by atoms with Crippen LogP contribution in [0.1, 0.15) is 21.7 Å². The van der Waals surface area contributed by atoms with Crippen molar-refractivity contribution in [2.75, 3.05) is 19.7 Å². The molecule has 2 aromatic rings. The maximum absolute atomic E-state index is 12.7. The van der Waals surface area contributed by atoms with E-state index >= 15 is 0 Å². The monoisotopic (exact) mass is 303 g/mol. The van der Waals surface area contributed by atoms with Crippen LogP contribution in [0, 0.1) is 13.8 Å². The summed E-state index contributed by atoms with van der Waals surface area (Å²) in [5, 5.41) is 9.94. The van der Waals surface area contributed by atoms with Gasteiger partial charge in [0.1, 0.15) is 5.58 Å². The minimum Gasteiger partial charge on any atom is -0.479 e. The number of carboxylic acid groups (broad SMARTS) is 1. The first-order chi connectivity index (χ1) is 10.5. The Hall–Kier alpha value is -2.34. The summed E-state index contributed by atoms with van der Waals surface area (Å²) >= 11 is 0. The quantitative estimate of drug-likeness (QED) is 0.917. The van der Waals surface area contributed by atoms with Crippen LogP contribution >= 0.6 is 0 Å². The SMILES string of the molecule is Cc1c(C(=O)N2CCOC(C(=O)O)C2)oc2c(C)cccc12. The second-order valence-corrected chi connectivity index (χ2v) is 5.46. The van der Waals surface area contributed by atoms with Crippen molar-refractivity contribution in [2.45, 2.75) is 20.0 Å². The fraction of sp³-hybridized carbons (Fsp3) is 0.375. The van der Waals surface area contributed by atoms with Gasteiger partial charge in [0.15, 0.2) is 11.9 Å². The number of rotatable bonds is 2. The predicted molar refractivity (Wildman–Crippen MR) is 79.0 cm³/mol. The number of aryl methyl sites for hydroxylation is 2. The van der Waals surface area contributed by atoms with Crippen molar-refractivity contribution in [1.29, 1.82) is 0 Å². The fourth-order valence-electron chi connectivity index (χ4n) is 2.71. The molecule has 1 N–H and O–H groups in total. The van der Waals surface area contributed by atoms with E-state index in [0.29, 0.717) is 12.1 Å². The lowest BCUT2D eigenvalue weighted by molar-refractivity contribution is -0.154. The van der Waals surface area contributed by atoms with Crippen LogP contribution in [-0.4, -0.2) is 47.7 Å². The van der Waals surface area contributed by atoms with Gasteiger partial charge < -0.3 is 19.2 Å². The Morgan fingerprint density at radius 1 is 1.32 bits per heavy atom. The van der Waals surface area contributed by atoms with E-state index in [-0.39, 0.29) is 24.8 Å². The van der Waals surface area contributed by atoms with Crippen molar-refractivity contribution in [1.82, 2.24) is 4.90 Å². The van der Waals surface area contributed by atoms with Crippen LogP contribution in [0.25, 0.3) is 11.0 Å². The zero-order chi connectivity index (χ0) is 15.9. The number of ether oxygens (including phenoxy) is 1. The first-order valence-corrected chi connectivity index (χ1v) is 7.11. The summed E-state index contributed by atoms with van der Waals surface area (Å²) in [7, 11) is 0. The molecule has 22 heavy (non-hydrogen) atoms. The lowest BCUT2D eigenvalue weighted by Gasteiger charge is -2.30. The molecule has 116 valence electrons. The minimum atomic E-state index is -1.06. The van der Waals surface area contributed by atoms with Crippen molar-refractivity contribution >= 4 is 22.8 Å². The van der Waals surface area contributed by atoms with Gasteiger partial charge in [-0.1, -0.05) is 18.2 Å². The maximum atomic E-state index is 12.7. The molecule has 1 aromatic heterocycles. The third-order valence-electron chi connectivity index (χ3n) is 3.98. The summed E-state index contributed by atoms with van der Waals surface area (Å²) in [6, 6.07) is 5.76. The molecule has 1 saturated heterocycles. The normalized spacial score (nSPS) is 18.6. The van der Waals surface area contributed by atoms with E-state index in [4.69, 9.17) is 14.3 Å². The van der Waals surface area contributed by atoms with Crippen molar-refractivity contribution in [3.05, 3.63) is 35.1 Å². The molecular formula is C16H17NO5. The molecule has 0 spiro atoms. The van der Waals surface area contributed by atoms with E-state index in [2.05, 4.69) is 0 Å². The molecule has 0 radical (unpaired) electrons. The molecule has 1 aliphatic heterocycles. The molecule has 1 aliphatic rings. The third-order valence-corrected chi connectivity index (χ3v) is 3.98. The van der Waals surface area contributed by atoms with Gasteiger partial charge in [-0.2, -0.15) is 0 Å². The molecule has 1 amide bonds. The molecule has 2 heterocycles. The molecular weight excluding hydrogens is 286 g/mol. The molecule has 6 heteroatoms. The van der Waals surface area contributed by atoms with Gasteiger partial charge in [-0.05, 0) is 19.4 Å². The number of aliphatic carboxylic acids is 1. The van der Waals surface area contributed by atoms with Crippen LogP contribution in [0.3, 0.4) is 0 Å². The van der Waals surface area contributed by atoms with Crippen LogP contribution in [0.5, 0.6) is 0 Å². The van der Waals surface area contributed by atoms with Gasteiger partial charge in [-0.25, -0.2) is 4.79 Å². The van der Waals surface area contributed by atoms with E-state index in [1.807, 2.05) is 32.0 Å². The van der Waals surface area contributed by atoms with Crippen LogP contribution in [0.2, 0.25) is 0 Å². The molecule has 1 aromatic carbocycles. The number of nitrogens with zero attached hydrogens (tertiary/aromatic N) is 1. The highest BCUT2D eigenvalue weighted by molar-refractivity contribution is 5.99.